The van der Waals surface area contributed by atoms with E-state index in [1.807, 2.05) is 36.8 Å². The van der Waals surface area contributed by atoms with E-state index in [0.29, 0.717) is 31.6 Å². The molecular weight excluding hydrogens is 292 g/mol. The van der Waals surface area contributed by atoms with Gasteiger partial charge in [0.1, 0.15) is 11.6 Å². The van der Waals surface area contributed by atoms with Crippen molar-refractivity contribution < 1.29 is 14.3 Å². The smallest absolute Gasteiger partial charge is 0.339 e. The van der Waals surface area contributed by atoms with E-state index < -0.39 is 5.60 Å². The van der Waals surface area contributed by atoms with Crippen molar-refractivity contribution in [3.8, 4) is 0 Å². The molecule has 5 heteroatoms. The zero-order valence-corrected chi connectivity index (χ0v) is 13.2. The van der Waals surface area contributed by atoms with Crippen LogP contribution in [0.3, 0.4) is 0 Å². The van der Waals surface area contributed by atoms with Gasteiger partial charge in [0, 0.05) is 24.7 Å². The van der Waals surface area contributed by atoms with Gasteiger partial charge in [0.2, 0.25) is 0 Å². The average molecular weight is 312 g/mol. The Morgan fingerprint density at radius 1 is 1.30 bits per heavy atom. The number of nitrogens with zero attached hydrogens (tertiary/aromatic N) is 2. The molecule has 4 rings (SSSR count). The molecule has 120 valence electrons. The third-order valence-electron chi connectivity index (χ3n) is 5.00. The number of benzene rings is 1. The lowest BCUT2D eigenvalue weighted by atomic mass is 9.78. The Balaban J connectivity index is 1.92. The predicted octanol–water partition coefficient (Wildman–Crippen LogP) is 2.75. The Labute approximate surface area is 135 Å². The van der Waals surface area contributed by atoms with Gasteiger partial charge in [0.05, 0.1) is 25.1 Å². The highest BCUT2D eigenvalue weighted by Gasteiger charge is 2.50. The van der Waals surface area contributed by atoms with Crippen molar-refractivity contribution >= 4 is 5.97 Å². The minimum Gasteiger partial charge on any atom is -0.453 e. The quantitative estimate of drug-likeness (QED) is 0.800. The summed E-state index contributed by atoms with van der Waals surface area (Å²) in [5.41, 5.74) is 2.28. The fourth-order valence-corrected chi connectivity index (χ4v) is 3.83. The lowest BCUT2D eigenvalue weighted by Crippen LogP contribution is -2.51. The molecular formula is C18H20N2O3. The molecule has 1 spiro atoms. The Bertz CT molecular complexity index is 731. The molecule has 0 radical (unpaired) electrons. The van der Waals surface area contributed by atoms with Gasteiger partial charge in [-0.1, -0.05) is 25.1 Å². The summed E-state index contributed by atoms with van der Waals surface area (Å²) in [6.45, 7) is 3.34. The Morgan fingerprint density at radius 3 is 2.87 bits per heavy atom. The Kier molecular flexibility index (Phi) is 3.45. The lowest BCUT2D eigenvalue weighted by molar-refractivity contribution is -0.104. The zero-order chi connectivity index (χ0) is 15.9. The van der Waals surface area contributed by atoms with E-state index >= 15 is 0 Å². The summed E-state index contributed by atoms with van der Waals surface area (Å²) in [6, 6.07) is 7.71. The van der Waals surface area contributed by atoms with Gasteiger partial charge in [0.15, 0.2) is 0 Å². The molecule has 0 aliphatic carbocycles. The van der Waals surface area contributed by atoms with E-state index in [1.165, 1.54) is 0 Å². The van der Waals surface area contributed by atoms with Crippen molar-refractivity contribution in [1.29, 1.82) is 0 Å². The highest BCUT2D eigenvalue weighted by atomic mass is 16.6. The third-order valence-corrected chi connectivity index (χ3v) is 5.00. The first-order chi connectivity index (χ1) is 11.2. The van der Waals surface area contributed by atoms with Crippen molar-refractivity contribution in [1.82, 2.24) is 9.55 Å². The second kappa shape index (κ2) is 5.49. The SMILES string of the molecule is CCc1cncn1C1c2ccccc2C(=O)OC12CCOCC2. The number of fused-ring (bicyclic) bond motifs is 1. The number of carbonyl (C=O) groups excluding carboxylic acids is 1. The second-order valence-corrected chi connectivity index (χ2v) is 6.20. The molecule has 1 saturated heterocycles. The fraction of sp³-hybridized carbons (Fsp3) is 0.444. The van der Waals surface area contributed by atoms with Crippen molar-refractivity contribution in [2.75, 3.05) is 13.2 Å². The number of aryl methyl sites for hydroxylation is 1. The number of imidazole rings is 1. The molecule has 0 bridgehead atoms. The van der Waals surface area contributed by atoms with E-state index in [-0.39, 0.29) is 12.0 Å². The first kappa shape index (κ1) is 14.5. The summed E-state index contributed by atoms with van der Waals surface area (Å²) in [7, 11) is 0. The van der Waals surface area contributed by atoms with Crippen LogP contribution in [-0.2, 0) is 15.9 Å². The van der Waals surface area contributed by atoms with Crippen LogP contribution in [0.15, 0.2) is 36.8 Å². The minimum absolute atomic E-state index is 0.0438. The molecule has 1 atom stereocenters. The van der Waals surface area contributed by atoms with Crippen LogP contribution in [0.2, 0.25) is 0 Å². The van der Waals surface area contributed by atoms with Gasteiger partial charge in [0.25, 0.3) is 0 Å². The molecule has 2 aromatic rings. The first-order valence-corrected chi connectivity index (χ1v) is 8.16. The van der Waals surface area contributed by atoms with Gasteiger partial charge in [-0.15, -0.1) is 0 Å². The molecule has 1 fully saturated rings. The van der Waals surface area contributed by atoms with Crippen LogP contribution in [0.5, 0.6) is 0 Å². The molecule has 0 N–H and O–H groups in total. The summed E-state index contributed by atoms with van der Waals surface area (Å²) in [5.74, 6) is -0.225. The van der Waals surface area contributed by atoms with E-state index in [9.17, 15) is 4.79 Å². The average Bonchev–Trinajstić information content (AvgIpc) is 3.04. The van der Waals surface area contributed by atoms with Crippen LogP contribution in [0, 0.1) is 0 Å². The van der Waals surface area contributed by atoms with E-state index in [1.54, 1.807) is 0 Å². The van der Waals surface area contributed by atoms with Crippen LogP contribution in [-0.4, -0.2) is 34.3 Å². The number of ether oxygens (including phenoxy) is 2. The molecule has 0 amide bonds. The molecule has 0 saturated carbocycles. The summed E-state index contributed by atoms with van der Waals surface area (Å²) in [5, 5.41) is 0. The highest BCUT2D eigenvalue weighted by Crippen LogP contribution is 2.46. The second-order valence-electron chi connectivity index (χ2n) is 6.20. The largest absolute Gasteiger partial charge is 0.453 e. The third kappa shape index (κ3) is 2.18. The Morgan fingerprint density at radius 2 is 2.09 bits per heavy atom. The molecule has 1 unspecified atom stereocenters. The molecule has 23 heavy (non-hydrogen) atoms. The van der Waals surface area contributed by atoms with Crippen LogP contribution in [0.25, 0.3) is 0 Å². The highest BCUT2D eigenvalue weighted by molar-refractivity contribution is 5.93. The van der Waals surface area contributed by atoms with Crippen molar-refractivity contribution in [2.24, 2.45) is 0 Å². The lowest BCUT2D eigenvalue weighted by Gasteiger charge is -2.46. The van der Waals surface area contributed by atoms with E-state index in [0.717, 1.165) is 17.7 Å². The molecule has 1 aromatic carbocycles. The van der Waals surface area contributed by atoms with Gasteiger partial charge in [-0.05, 0) is 18.1 Å². The van der Waals surface area contributed by atoms with Crippen LogP contribution in [0.1, 0.15) is 47.4 Å². The zero-order valence-electron chi connectivity index (χ0n) is 13.2. The van der Waals surface area contributed by atoms with Crippen molar-refractivity contribution in [2.45, 2.75) is 37.8 Å². The summed E-state index contributed by atoms with van der Waals surface area (Å²) in [6.07, 6.45) is 6.06. The minimum atomic E-state index is -0.547. The maximum Gasteiger partial charge on any atom is 0.339 e. The van der Waals surface area contributed by atoms with Gasteiger partial charge in [-0.2, -0.15) is 0 Å². The maximum absolute atomic E-state index is 12.5. The number of esters is 1. The summed E-state index contributed by atoms with van der Waals surface area (Å²) >= 11 is 0. The molecule has 3 heterocycles. The normalized spacial score (nSPS) is 22.7. The topological polar surface area (TPSA) is 53.4 Å². The van der Waals surface area contributed by atoms with Gasteiger partial charge in [-0.25, -0.2) is 9.78 Å². The predicted molar refractivity (Wildman–Crippen MR) is 84.4 cm³/mol. The fourth-order valence-electron chi connectivity index (χ4n) is 3.83. The van der Waals surface area contributed by atoms with Crippen LogP contribution >= 0.6 is 0 Å². The number of hydrogen-bond donors (Lipinski definition) is 0. The van der Waals surface area contributed by atoms with E-state index in [2.05, 4.69) is 16.5 Å². The number of carbonyl (C=O) groups is 1. The summed E-state index contributed by atoms with van der Waals surface area (Å²) < 4.78 is 13.7. The van der Waals surface area contributed by atoms with Gasteiger partial charge in [-0.3, -0.25) is 0 Å². The number of rotatable bonds is 2. The number of aromatic nitrogens is 2. The molecule has 2 aliphatic rings. The van der Waals surface area contributed by atoms with Crippen molar-refractivity contribution in [3.63, 3.8) is 0 Å². The Hall–Kier alpha value is -2.14. The molecule has 5 nitrogen and oxygen atoms in total. The molecule has 2 aliphatic heterocycles. The van der Waals surface area contributed by atoms with Crippen molar-refractivity contribution in [3.05, 3.63) is 53.6 Å². The summed E-state index contributed by atoms with van der Waals surface area (Å²) in [4.78, 5) is 16.9. The van der Waals surface area contributed by atoms with Gasteiger partial charge >= 0.3 is 5.97 Å². The first-order valence-electron chi connectivity index (χ1n) is 8.16. The van der Waals surface area contributed by atoms with E-state index in [4.69, 9.17) is 9.47 Å². The molecule has 1 aromatic heterocycles. The standard InChI is InChI=1S/C18H20N2O3/c1-2-13-11-19-12-20(13)16-14-5-3-4-6-15(14)17(21)23-18(16)7-9-22-10-8-18/h3-6,11-12,16H,2,7-10H2,1H3. The monoisotopic (exact) mass is 312 g/mol. The maximum atomic E-state index is 12.5. The van der Waals surface area contributed by atoms with Gasteiger partial charge < -0.3 is 14.0 Å². The van der Waals surface area contributed by atoms with Crippen LogP contribution in [0.4, 0.5) is 0 Å². The van der Waals surface area contributed by atoms with Crippen LogP contribution < -0.4 is 0 Å². The number of hydrogen-bond acceptors (Lipinski definition) is 4.